The van der Waals surface area contributed by atoms with E-state index in [0.29, 0.717) is 28.9 Å². The van der Waals surface area contributed by atoms with Gasteiger partial charge in [0.1, 0.15) is 10.7 Å². The molecular weight excluding hydrogens is 264 g/mol. The molecule has 0 radical (unpaired) electrons. The van der Waals surface area contributed by atoms with Crippen molar-refractivity contribution < 1.29 is 9.53 Å². The minimum absolute atomic E-state index is 0.0497. The van der Waals surface area contributed by atoms with Crippen LogP contribution in [0.1, 0.15) is 29.9 Å². The minimum Gasteiger partial charge on any atom is -0.382 e. The van der Waals surface area contributed by atoms with Gasteiger partial charge in [-0.3, -0.25) is 4.79 Å². The Kier molecular flexibility index (Phi) is 4.26. The lowest BCUT2D eigenvalue weighted by Gasteiger charge is -2.14. The van der Waals surface area contributed by atoms with Gasteiger partial charge in [0.15, 0.2) is 5.13 Å². The SMILES string of the molecule is COC1CCN(C(=O)c2sc(NC(C)C)nc2N)C1. The summed E-state index contributed by atoms with van der Waals surface area (Å²) in [4.78, 5) is 18.8. The first-order valence-corrected chi connectivity index (χ1v) is 7.17. The van der Waals surface area contributed by atoms with Crippen LogP contribution in [0.5, 0.6) is 0 Å². The Labute approximate surface area is 116 Å². The predicted molar refractivity (Wildman–Crippen MR) is 76.6 cm³/mol. The average molecular weight is 284 g/mol. The summed E-state index contributed by atoms with van der Waals surface area (Å²) < 4.78 is 5.27. The van der Waals surface area contributed by atoms with Crippen molar-refractivity contribution in [2.45, 2.75) is 32.4 Å². The number of aromatic nitrogens is 1. The lowest BCUT2D eigenvalue weighted by Crippen LogP contribution is -2.29. The van der Waals surface area contributed by atoms with Crippen molar-refractivity contribution in [3.63, 3.8) is 0 Å². The number of nitrogen functional groups attached to an aromatic ring is 1. The van der Waals surface area contributed by atoms with Crippen molar-refractivity contribution in [2.75, 3.05) is 31.2 Å². The summed E-state index contributed by atoms with van der Waals surface area (Å²) in [6, 6.07) is 0.262. The molecule has 3 N–H and O–H groups in total. The number of hydrogen-bond donors (Lipinski definition) is 2. The maximum atomic E-state index is 12.4. The van der Waals surface area contributed by atoms with Crippen LogP contribution in [0.15, 0.2) is 0 Å². The van der Waals surface area contributed by atoms with Crippen molar-refractivity contribution in [1.82, 2.24) is 9.88 Å². The Hall–Kier alpha value is -1.34. The lowest BCUT2D eigenvalue weighted by atomic mass is 10.3. The lowest BCUT2D eigenvalue weighted by molar-refractivity contribution is 0.0729. The van der Waals surface area contributed by atoms with Crippen molar-refractivity contribution in [1.29, 1.82) is 0 Å². The van der Waals surface area contributed by atoms with Crippen LogP contribution in [0.25, 0.3) is 0 Å². The normalized spacial score (nSPS) is 19.2. The van der Waals surface area contributed by atoms with Crippen molar-refractivity contribution in [2.24, 2.45) is 0 Å². The third kappa shape index (κ3) is 3.16. The molecular formula is C12H20N4O2S. The summed E-state index contributed by atoms with van der Waals surface area (Å²) in [7, 11) is 1.67. The van der Waals surface area contributed by atoms with Crippen molar-refractivity contribution in [3.05, 3.63) is 4.88 Å². The molecule has 1 aromatic rings. The zero-order valence-electron chi connectivity index (χ0n) is 11.5. The van der Waals surface area contributed by atoms with E-state index in [-0.39, 0.29) is 18.1 Å². The van der Waals surface area contributed by atoms with E-state index in [1.165, 1.54) is 11.3 Å². The molecule has 6 nitrogen and oxygen atoms in total. The first-order valence-electron chi connectivity index (χ1n) is 6.36. The molecule has 0 bridgehead atoms. The van der Waals surface area contributed by atoms with Crippen LogP contribution in [0.4, 0.5) is 10.9 Å². The number of carbonyl (C=O) groups is 1. The third-order valence-electron chi connectivity index (χ3n) is 3.03. The molecule has 0 aromatic carbocycles. The van der Waals surface area contributed by atoms with E-state index in [1.807, 2.05) is 13.8 Å². The summed E-state index contributed by atoms with van der Waals surface area (Å²) in [6.45, 7) is 5.37. The standard InChI is InChI=1S/C12H20N4O2S/c1-7(2)14-12-15-10(13)9(19-12)11(17)16-5-4-8(6-16)18-3/h7-8H,4-6,13H2,1-3H3,(H,14,15). The number of anilines is 2. The van der Waals surface area contributed by atoms with E-state index in [1.54, 1.807) is 12.0 Å². The van der Waals surface area contributed by atoms with Crippen molar-refractivity contribution >= 4 is 28.2 Å². The molecule has 2 rings (SSSR count). The second-order valence-electron chi connectivity index (χ2n) is 4.93. The molecule has 1 fully saturated rings. The fraction of sp³-hybridized carbons (Fsp3) is 0.667. The van der Waals surface area contributed by atoms with Crippen LogP contribution < -0.4 is 11.1 Å². The summed E-state index contributed by atoms with van der Waals surface area (Å²) in [6.07, 6.45) is 1.00. The highest BCUT2D eigenvalue weighted by Crippen LogP contribution is 2.28. The first kappa shape index (κ1) is 14.1. The third-order valence-corrected chi connectivity index (χ3v) is 4.02. The topological polar surface area (TPSA) is 80.5 Å². The van der Waals surface area contributed by atoms with Crippen molar-refractivity contribution in [3.8, 4) is 0 Å². The highest BCUT2D eigenvalue weighted by atomic mass is 32.1. The van der Waals surface area contributed by atoms with Crippen LogP contribution in [0.2, 0.25) is 0 Å². The van der Waals surface area contributed by atoms with Gasteiger partial charge in [0.2, 0.25) is 0 Å². The quantitative estimate of drug-likeness (QED) is 0.873. The maximum Gasteiger partial charge on any atom is 0.267 e. The number of methoxy groups -OCH3 is 1. The molecule has 0 aliphatic carbocycles. The highest BCUT2D eigenvalue weighted by molar-refractivity contribution is 7.18. The molecule has 1 saturated heterocycles. The molecule has 0 saturated carbocycles. The van der Waals surface area contributed by atoms with Gasteiger partial charge in [0.25, 0.3) is 5.91 Å². The van der Waals surface area contributed by atoms with E-state index in [4.69, 9.17) is 10.5 Å². The van der Waals surface area contributed by atoms with Gasteiger partial charge < -0.3 is 20.7 Å². The number of nitrogens with two attached hydrogens (primary N) is 1. The number of nitrogens with one attached hydrogen (secondary N) is 1. The number of nitrogens with zero attached hydrogens (tertiary/aromatic N) is 2. The van der Waals surface area contributed by atoms with E-state index in [9.17, 15) is 4.79 Å². The minimum atomic E-state index is -0.0497. The van der Waals surface area contributed by atoms with Gasteiger partial charge in [-0.1, -0.05) is 11.3 Å². The summed E-state index contributed by atoms with van der Waals surface area (Å²) >= 11 is 1.31. The predicted octanol–water partition coefficient (Wildman–Crippen LogP) is 1.41. The maximum absolute atomic E-state index is 12.4. The monoisotopic (exact) mass is 284 g/mol. The number of hydrogen-bond acceptors (Lipinski definition) is 6. The fourth-order valence-corrected chi connectivity index (χ4v) is 3.04. The second-order valence-corrected chi connectivity index (χ2v) is 5.93. The second kappa shape index (κ2) is 5.75. The number of ether oxygens (including phenoxy) is 1. The average Bonchev–Trinajstić information content (AvgIpc) is 2.94. The molecule has 19 heavy (non-hydrogen) atoms. The van der Waals surface area contributed by atoms with Gasteiger partial charge in [-0.15, -0.1) is 0 Å². The Morgan fingerprint density at radius 3 is 2.95 bits per heavy atom. The molecule has 1 aromatic heterocycles. The Balaban J connectivity index is 2.09. The van der Waals surface area contributed by atoms with Gasteiger partial charge in [0, 0.05) is 26.2 Å². The fourth-order valence-electron chi connectivity index (χ4n) is 2.04. The number of rotatable bonds is 4. The van der Waals surface area contributed by atoms with E-state index >= 15 is 0 Å². The molecule has 106 valence electrons. The van der Waals surface area contributed by atoms with E-state index in [0.717, 1.165) is 6.42 Å². The van der Waals surface area contributed by atoms with Gasteiger partial charge >= 0.3 is 0 Å². The Morgan fingerprint density at radius 2 is 2.37 bits per heavy atom. The largest absolute Gasteiger partial charge is 0.382 e. The number of thiazole rings is 1. The van der Waals surface area contributed by atoms with Crippen LogP contribution in [0.3, 0.4) is 0 Å². The zero-order chi connectivity index (χ0) is 14.0. The number of amides is 1. The molecule has 1 atom stereocenters. The summed E-state index contributed by atoms with van der Waals surface area (Å²) in [5.74, 6) is 0.255. The molecule has 2 heterocycles. The van der Waals surface area contributed by atoms with Crippen LogP contribution in [-0.2, 0) is 4.74 Å². The zero-order valence-corrected chi connectivity index (χ0v) is 12.3. The van der Waals surface area contributed by atoms with Crippen LogP contribution in [-0.4, -0.2) is 48.1 Å². The summed E-state index contributed by atoms with van der Waals surface area (Å²) in [5.41, 5.74) is 5.83. The Bertz CT molecular complexity index is 461. The molecule has 1 unspecified atom stereocenters. The number of carbonyl (C=O) groups excluding carboxylic acids is 1. The molecule has 1 aliphatic heterocycles. The van der Waals surface area contributed by atoms with Gasteiger partial charge in [0.05, 0.1) is 6.10 Å². The Morgan fingerprint density at radius 1 is 1.63 bits per heavy atom. The molecule has 7 heteroatoms. The van der Waals surface area contributed by atoms with Gasteiger partial charge in [-0.2, -0.15) is 0 Å². The molecule has 0 spiro atoms. The van der Waals surface area contributed by atoms with E-state index in [2.05, 4.69) is 10.3 Å². The van der Waals surface area contributed by atoms with Crippen LogP contribution in [0, 0.1) is 0 Å². The molecule has 1 aliphatic rings. The van der Waals surface area contributed by atoms with E-state index < -0.39 is 0 Å². The first-order chi connectivity index (χ1) is 9.01. The molecule has 1 amide bonds. The highest BCUT2D eigenvalue weighted by Gasteiger charge is 2.29. The van der Waals surface area contributed by atoms with Gasteiger partial charge in [-0.05, 0) is 20.3 Å². The van der Waals surface area contributed by atoms with Gasteiger partial charge in [-0.25, -0.2) is 4.98 Å². The number of likely N-dealkylation sites (tertiary alicyclic amines) is 1. The smallest absolute Gasteiger partial charge is 0.267 e. The summed E-state index contributed by atoms with van der Waals surface area (Å²) in [5, 5.41) is 3.86. The van der Waals surface area contributed by atoms with Crippen LogP contribution >= 0.6 is 11.3 Å².